The maximum atomic E-state index is 6.45. The van der Waals surface area contributed by atoms with E-state index in [0.717, 1.165) is 27.7 Å². The number of hydrogen-bond donors (Lipinski definition) is 0. The van der Waals surface area contributed by atoms with Crippen molar-refractivity contribution < 1.29 is 4.42 Å². The largest absolute Gasteiger partial charge is 0.435 e. The van der Waals surface area contributed by atoms with Crippen molar-refractivity contribution in [2.45, 2.75) is 79.8 Å². The Morgan fingerprint density at radius 2 is 1.42 bits per heavy atom. The van der Waals surface area contributed by atoms with Crippen molar-refractivity contribution in [2.24, 2.45) is 0 Å². The molecule has 0 fully saturated rings. The molecule has 0 unspecified atom stereocenters. The van der Waals surface area contributed by atoms with E-state index in [2.05, 4.69) is 111 Å². The molecule has 0 spiro atoms. The van der Waals surface area contributed by atoms with Crippen LogP contribution in [0, 0.1) is 13.8 Å². The van der Waals surface area contributed by atoms with E-state index in [-0.39, 0.29) is 12.3 Å². The second kappa shape index (κ2) is 7.72. The second-order valence-electron chi connectivity index (χ2n) is 9.91. The molecule has 0 bridgehead atoms. The Hall–Kier alpha value is -3.15. The molecule has 0 saturated heterocycles. The Morgan fingerprint density at radius 1 is 0.818 bits per heavy atom. The van der Waals surface area contributed by atoms with Crippen LogP contribution < -0.4 is 9.80 Å². The fourth-order valence-electron chi connectivity index (χ4n) is 5.36. The Labute approximate surface area is 196 Å². The molecule has 0 saturated carbocycles. The first-order chi connectivity index (χ1) is 15.7. The van der Waals surface area contributed by atoms with Crippen LogP contribution in [0.15, 0.2) is 47.4 Å². The minimum Gasteiger partial charge on any atom is -0.435 e. The summed E-state index contributed by atoms with van der Waals surface area (Å²) in [4.78, 5) is 14.2. The van der Waals surface area contributed by atoms with Crippen molar-refractivity contribution in [1.82, 2.24) is 14.8 Å². The van der Waals surface area contributed by atoms with Crippen LogP contribution in [-0.4, -0.2) is 39.2 Å². The molecule has 2 aliphatic heterocycles. The highest BCUT2D eigenvalue weighted by Gasteiger charge is 2.33. The van der Waals surface area contributed by atoms with E-state index in [1.807, 2.05) is 6.92 Å². The summed E-state index contributed by atoms with van der Waals surface area (Å²) in [6.45, 7) is 17.7. The van der Waals surface area contributed by atoms with E-state index >= 15 is 0 Å². The molecule has 33 heavy (non-hydrogen) atoms. The first-order valence-electron chi connectivity index (χ1n) is 12.0. The molecule has 174 valence electrons. The highest BCUT2D eigenvalue weighted by molar-refractivity contribution is 6.11. The third-order valence-corrected chi connectivity index (χ3v) is 7.16. The Bertz CT molecular complexity index is 1270. The third-order valence-electron chi connectivity index (χ3n) is 7.16. The number of aromatic nitrogens is 1. The molecule has 0 N–H and O–H groups in total. The van der Waals surface area contributed by atoms with E-state index in [9.17, 15) is 0 Å². The molecule has 0 radical (unpaired) electrons. The lowest BCUT2D eigenvalue weighted by Gasteiger charge is -2.36. The zero-order chi connectivity index (χ0) is 23.6. The van der Waals surface area contributed by atoms with Crippen molar-refractivity contribution in [3.05, 3.63) is 54.3 Å². The van der Waals surface area contributed by atoms with Gasteiger partial charge < -0.3 is 24.0 Å². The average molecular weight is 446 g/mol. The summed E-state index contributed by atoms with van der Waals surface area (Å²) in [5.74, 6) is 0. The number of rotatable bonds is 4. The molecular formula is C27H35N5O. The minimum atomic E-state index is 0.198. The number of anilines is 2. The molecule has 0 amide bonds. The SMILES string of the molecule is Cc1ccc2c(n1)oc1c(N3C=CN(C(C)C)[C@@H]3C)c(C)c(N3C=CN(C(C)C)[C@H]3C)cc12. The van der Waals surface area contributed by atoms with Crippen LogP contribution in [-0.2, 0) is 0 Å². The van der Waals surface area contributed by atoms with Crippen molar-refractivity contribution in [1.29, 1.82) is 0 Å². The Balaban J connectivity index is 1.75. The van der Waals surface area contributed by atoms with Crippen LogP contribution in [0.5, 0.6) is 0 Å². The maximum Gasteiger partial charge on any atom is 0.227 e. The smallest absolute Gasteiger partial charge is 0.227 e. The molecular weight excluding hydrogens is 410 g/mol. The monoisotopic (exact) mass is 445 g/mol. The van der Waals surface area contributed by atoms with Gasteiger partial charge in [-0.05, 0) is 73.6 Å². The van der Waals surface area contributed by atoms with Crippen molar-refractivity contribution in [3.8, 4) is 0 Å². The summed E-state index contributed by atoms with van der Waals surface area (Å²) in [7, 11) is 0. The number of nitrogens with zero attached hydrogens (tertiary/aromatic N) is 5. The Kier molecular flexibility index (Phi) is 5.07. The number of pyridine rings is 1. The highest BCUT2D eigenvalue weighted by atomic mass is 16.3. The highest BCUT2D eigenvalue weighted by Crippen LogP contribution is 2.45. The fourth-order valence-corrected chi connectivity index (χ4v) is 5.36. The van der Waals surface area contributed by atoms with Gasteiger partial charge in [0.05, 0.1) is 5.69 Å². The van der Waals surface area contributed by atoms with Gasteiger partial charge in [0, 0.05) is 64.6 Å². The summed E-state index contributed by atoms with van der Waals surface area (Å²) in [5, 5.41) is 2.17. The first kappa shape index (κ1) is 21.7. The van der Waals surface area contributed by atoms with Gasteiger partial charge in [0.2, 0.25) is 5.71 Å². The molecule has 5 rings (SSSR count). The molecule has 6 heteroatoms. The van der Waals surface area contributed by atoms with E-state index in [4.69, 9.17) is 9.40 Å². The summed E-state index contributed by atoms with van der Waals surface area (Å²) >= 11 is 0. The predicted molar refractivity (Wildman–Crippen MR) is 137 cm³/mol. The molecule has 2 atom stereocenters. The van der Waals surface area contributed by atoms with Crippen LogP contribution in [0.2, 0.25) is 0 Å². The van der Waals surface area contributed by atoms with E-state index in [1.54, 1.807) is 0 Å². The molecule has 6 nitrogen and oxygen atoms in total. The van der Waals surface area contributed by atoms with Gasteiger partial charge in [-0.3, -0.25) is 0 Å². The molecule has 2 aliphatic rings. The topological polar surface area (TPSA) is 39.0 Å². The lowest BCUT2D eigenvalue weighted by atomic mass is 10.0. The quantitative estimate of drug-likeness (QED) is 0.470. The van der Waals surface area contributed by atoms with Crippen molar-refractivity contribution in [3.63, 3.8) is 0 Å². The van der Waals surface area contributed by atoms with Crippen molar-refractivity contribution >= 4 is 33.4 Å². The van der Waals surface area contributed by atoms with Gasteiger partial charge in [0.15, 0.2) is 5.58 Å². The maximum absolute atomic E-state index is 6.45. The van der Waals surface area contributed by atoms with Gasteiger partial charge in [-0.15, -0.1) is 0 Å². The van der Waals surface area contributed by atoms with Gasteiger partial charge >= 0.3 is 0 Å². The Morgan fingerprint density at radius 3 is 2.03 bits per heavy atom. The van der Waals surface area contributed by atoms with Gasteiger partial charge in [-0.1, -0.05) is 0 Å². The number of hydrogen-bond acceptors (Lipinski definition) is 6. The predicted octanol–water partition coefficient (Wildman–Crippen LogP) is 6.29. The van der Waals surface area contributed by atoms with E-state index < -0.39 is 0 Å². The average Bonchev–Trinajstić information content (AvgIpc) is 3.42. The fraction of sp³-hybridized carbons (Fsp3) is 0.444. The zero-order valence-corrected chi connectivity index (χ0v) is 21.0. The number of benzene rings is 1. The van der Waals surface area contributed by atoms with Gasteiger partial charge in [-0.25, -0.2) is 4.98 Å². The third kappa shape index (κ3) is 3.26. The lowest BCUT2D eigenvalue weighted by molar-refractivity contribution is 0.263. The van der Waals surface area contributed by atoms with Crippen LogP contribution in [0.25, 0.3) is 22.1 Å². The summed E-state index contributed by atoms with van der Waals surface area (Å²) in [5.41, 5.74) is 6.10. The second-order valence-corrected chi connectivity index (χ2v) is 9.91. The van der Waals surface area contributed by atoms with E-state index in [1.165, 1.54) is 11.3 Å². The number of furan rings is 1. The van der Waals surface area contributed by atoms with Gasteiger partial charge in [0.1, 0.15) is 12.3 Å². The summed E-state index contributed by atoms with van der Waals surface area (Å²) in [6, 6.07) is 7.34. The van der Waals surface area contributed by atoms with Gasteiger partial charge in [-0.2, -0.15) is 0 Å². The summed E-state index contributed by atoms with van der Waals surface area (Å²) in [6.07, 6.45) is 9.23. The van der Waals surface area contributed by atoms with Crippen LogP contribution in [0.1, 0.15) is 52.8 Å². The standard InChI is InChI=1S/C27H35N5O/c1-16(2)29-11-13-31(20(29)7)24-15-23-22-10-9-18(5)28-27(22)33-26(23)25(19(24)6)32-14-12-30(17(3)4)21(32)8/h9-17,20-21H,1-8H3/t20-,21+/m1/s1. The van der Waals surface area contributed by atoms with Crippen molar-refractivity contribution in [2.75, 3.05) is 9.80 Å². The van der Waals surface area contributed by atoms with Crippen LogP contribution in [0.4, 0.5) is 11.4 Å². The lowest BCUT2D eigenvalue weighted by Crippen LogP contribution is -2.41. The zero-order valence-electron chi connectivity index (χ0n) is 21.0. The minimum absolute atomic E-state index is 0.198. The molecule has 1 aromatic carbocycles. The van der Waals surface area contributed by atoms with Gasteiger partial charge in [0.25, 0.3) is 0 Å². The van der Waals surface area contributed by atoms with Crippen LogP contribution in [0.3, 0.4) is 0 Å². The summed E-state index contributed by atoms with van der Waals surface area (Å²) < 4.78 is 6.45. The van der Waals surface area contributed by atoms with E-state index in [0.29, 0.717) is 17.8 Å². The number of fused-ring (bicyclic) bond motifs is 3. The molecule has 3 aromatic rings. The molecule has 2 aromatic heterocycles. The molecule has 0 aliphatic carbocycles. The van der Waals surface area contributed by atoms with Crippen LogP contribution >= 0.6 is 0 Å². The normalized spacial score (nSPS) is 20.8. The number of aryl methyl sites for hydroxylation is 1. The molecule has 4 heterocycles. The first-order valence-corrected chi connectivity index (χ1v) is 12.0.